The van der Waals surface area contributed by atoms with Gasteiger partial charge in [0.05, 0.1) is 5.69 Å². The summed E-state index contributed by atoms with van der Waals surface area (Å²) in [5.74, 6) is -0.354. The van der Waals surface area contributed by atoms with Crippen LogP contribution in [0.3, 0.4) is 0 Å². The highest BCUT2D eigenvalue weighted by molar-refractivity contribution is 7.14. The van der Waals surface area contributed by atoms with E-state index in [2.05, 4.69) is 15.6 Å². The third kappa shape index (κ3) is 4.43. The summed E-state index contributed by atoms with van der Waals surface area (Å²) in [4.78, 5) is 27.6. The highest BCUT2D eigenvalue weighted by Crippen LogP contribution is 2.26. The van der Waals surface area contributed by atoms with Gasteiger partial charge in [0.25, 0.3) is 5.91 Å². The second kappa shape index (κ2) is 7.46. The number of benzene rings is 2. The number of carbonyl (C=O) groups excluding carboxylic acids is 2. The minimum atomic E-state index is -0.203. The van der Waals surface area contributed by atoms with Crippen LogP contribution < -0.4 is 10.6 Å². The van der Waals surface area contributed by atoms with Crippen LogP contribution in [-0.2, 0) is 4.79 Å². The number of hydrogen-bond donors (Lipinski definition) is 2. The zero-order chi connectivity index (χ0) is 17.8. The Morgan fingerprint density at radius 2 is 1.68 bits per heavy atom. The van der Waals surface area contributed by atoms with Crippen molar-refractivity contribution in [1.82, 2.24) is 4.98 Å². The predicted molar refractivity (Wildman–Crippen MR) is 101 cm³/mol. The van der Waals surface area contributed by atoms with E-state index < -0.39 is 0 Å². The molecule has 1 aromatic heterocycles. The molecule has 0 aliphatic rings. The Balaban J connectivity index is 1.69. The van der Waals surface area contributed by atoms with Crippen molar-refractivity contribution < 1.29 is 9.59 Å². The molecule has 0 atom stereocenters. The fourth-order valence-electron chi connectivity index (χ4n) is 2.14. The topological polar surface area (TPSA) is 71.1 Å². The molecule has 3 aromatic rings. The van der Waals surface area contributed by atoms with Crippen LogP contribution in [0.15, 0.2) is 53.9 Å². The number of halogens is 1. The first-order chi connectivity index (χ1) is 12.0. The van der Waals surface area contributed by atoms with Crippen LogP contribution in [0.2, 0.25) is 5.02 Å². The molecular formula is C18H14ClN3O2S. The Labute approximate surface area is 153 Å². The van der Waals surface area contributed by atoms with Gasteiger partial charge in [-0.15, -0.1) is 11.3 Å². The number of anilines is 2. The number of nitrogens with zero attached hydrogens (tertiary/aromatic N) is 1. The van der Waals surface area contributed by atoms with Crippen molar-refractivity contribution in [3.05, 3.63) is 64.5 Å². The molecule has 0 spiro atoms. The first kappa shape index (κ1) is 17.1. The van der Waals surface area contributed by atoms with E-state index in [1.54, 1.807) is 36.4 Å². The van der Waals surface area contributed by atoms with Crippen molar-refractivity contribution in [1.29, 1.82) is 0 Å². The van der Waals surface area contributed by atoms with Crippen LogP contribution in [0.5, 0.6) is 0 Å². The van der Waals surface area contributed by atoms with Crippen molar-refractivity contribution in [3.8, 4) is 11.3 Å². The molecule has 0 aliphatic heterocycles. The molecule has 0 radical (unpaired) electrons. The van der Waals surface area contributed by atoms with Gasteiger partial charge in [-0.1, -0.05) is 23.7 Å². The number of rotatable bonds is 4. The van der Waals surface area contributed by atoms with Gasteiger partial charge >= 0.3 is 0 Å². The lowest BCUT2D eigenvalue weighted by molar-refractivity contribution is -0.114. The van der Waals surface area contributed by atoms with Crippen molar-refractivity contribution in [2.75, 3.05) is 10.6 Å². The van der Waals surface area contributed by atoms with E-state index in [9.17, 15) is 9.59 Å². The Bertz CT molecular complexity index is 905. The average molecular weight is 372 g/mol. The highest BCUT2D eigenvalue weighted by atomic mass is 35.5. The highest BCUT2D eigenvalue weighted by Gasteiger charge is 2.08. The number of nitrogens with one attached hydrogen (secondary N) is 2. The van der Waals surface area contributed by atoms with Crippen molar-refractivity contribution in [3.63, 3.8) is 0 Å². The molecule has 5 nitrogen and oxygen atoms in total. The summed E-state index contributed by atoms with van der Waals surface area (Å²) in [6, 6.07) is 14.0. The third-order valence-corrected chi connectivity index (χ3v) is 4.34. The minimum Gasteiger partial charge on any atom is -0.322 e. The van der Waals surface area contributed by atoms with Crippen LogP contribution in [0, 0.1) is 0 Å². The Kier molecular flexibility index (Phi) is 5.11. The zero-order valence-electron chi connectivity index (χ0n) is 13.2. The lowest BCUT2D eigenvalue weighted by atomic mass is 10.1. The molecule has 0 aliphatic carbocycles. The van der Waals surface area contributed by atoms with Gasteiger partial charge in [-0.05, 0) is 36.4 Å². The number of thiazole rings is 1. The van der Waals surface area contributed by atoms with Crippen LogP contribution in [0.25, 0.3) is 11.3 Å². The van der Waals surface area contributed by atoms with E-state index in [1.807, 2.05) is 17.5 Å². The molecule has 25 heavy (non-hydrogen) atoms. The maximum absolute atomic E-state index is 12.2. The van der Waals surface area contributed by atoms with Gasteiger partial charge in [0, 0.05) is 34.1 Å². The number of hydrogen-bond acceptors (Lipinski definition) is 4. The summed E-state index contributed by atoms with van der Waals surface area (Å²) in [5.41, 5.74) is 2.88. The van der Waals surface area contributed by atoms with Crippen LogP contribution in [0.1, 0.15) is 17.3 Å². The standard InChI is InChI=1S/C18H14ClN3O2S/c1-11(23)20-18-22-16(10-25-18)12-4-8-15(9-5-12)21-17(24)13-2-6-14(19)7-3-13/h2-10H,1H3,(H,21,24)(H,20,22,23). The first-order valence-electron chi connectivity index (χ1n) is 7.42. The lowest BCUT2D eigenvalue weighted by Gasteiger charge is -2.06. The molecule has 0 fully saturated rings. The molecule has 7 heteroatoms. The lowest BCUT2D eigenvalue weighted by Crippen LogP contribution is -2.11. The summed E-state index contributed by atoms with van der Waals surface area (Å²) in [6.07, 6.45) is 0. The van der Waals surface area contributed by atoms with E-state index in [0.29, 0.717) is 21.4 Å². The average Bonchev–Trinajstić information content (AvgIpc) is 3.04. The molecule has 2 N–H and O–H groups in total. The fourth-order valence-corrected chi connectivity index (χ4v) is 3.03. The van der Waals surface area contributed by atoms with Gasteiger partial charge < -0.3 is 10.6 Å². The molecular weight excluding hydrogens is 358 g/mol. The van der Waals surface area contributed by atoms with E-state index >= 15 is 0 Å². The number of amides is 2. The molecule has 0 unspecified atom stereocenters. The van der Waals surface area contributed by atoms with Gasteiger partial charge in [0.2, 0.25) is 5.91 Å². The maximum atomic E-state index is 12.2. The summed E-state index contributed by atoms with van der Waals surface area (Å²) in [7, 11) is 0. The van der Waals surface area contributed by atoms with Crippen LogP contribution in [0.4, 0.5) is 10.8 Å². The molecule has 2 aromatic carbocycles. The van der Waals surface area contributed by atoms with Crippen molar-refractivity contribution >= 4 is 45.6 Å². The fraction of sp³-hybridized carbons (Fsp3) is 0.0556. The van der Waals surface area contributed by atoms with Gasteiger partial charge in [0.1, 0.15) is 0 Å². The molecule has 0 saturated heterocycles. The largest absolute Gasteiger partial charge is 0.322 e. The van der Waals surface area contributed by atoms with Gasteiger partial charge in [0.15, 0.2) is 5.13 Å². The minimum absolute atomic E-state index is 0.152. The van der Waals surface area contributed by atoms with Crippen LogP contribution in [-0.4, -0.2) is 16.8 Å². The summed E-state index contributed by atoms with van der Waals surface area (Å²) >= 11 is 7.18. The second-order valence-electron chi connectivity index (χ2n) is 5.26. The molecule has 2 amide bonds. The molecule has 1 heterocycles. The van der Waals surface area contributed by atoms with Crippen LogP contribution >= 0.6 is 22.9 Å². The van der Waals surface area contributed by atoms with E-state index in [1.165, 1.54) is 18.3 Å². The molecule has 3 rings (SSSR count). The monoisotopic (exact) mass is 371 g/mol. The van der Waals surface area contributed by atoms with Gasteiger partial charge in [-0.25, -0.2) is 4.98 Å². The Hall–Kier alpha value is -2.70. The third-order valence-electron chi connectivity index (χ3n) is 3.33. The normalized spacial score (nSPS) is 10.3. The smallest absolute Gasteiger partial charge is 0.255 e. The Morgan fingerprint density at radius 1 is 1.00 bits per heavy atom. The summed E-state index contributed by atoms with van der Waals surface area (Å²) in [5, 5.41) is 8.50. The first-order valence-corrected chi connectivity index (χ1v) is 8.67. The van der Waals surface area contributed by atoms with Crippen molar-refractivity contribution in [2.45, 2.75) is 6.92 Å². The number of carbonyl (C=O) groups is 2. The molecule has 0 saturated carbocycles. The van der Waals surface area contributed by atoms with E-state index in [4.69, 9.17) is 11.6 Å². The summed E-state index contributed by atoms with van der Waals surface area (Å²) in [6.45, 7) is 1.44. The number of aromatic nitrogens is 1. The SMILES string of the molecule is CC(=O)Nc1nc(-c2ccc(NC(=O)c3ccc(Cl)cc3)cc2)cs1. The van der Waals surface area contributed by atoms with Crippen molar-refractivity contribution in [2.24, 2.45) is 0 Å². The maximum Gasteiger partial charge on any atom is 0.255 e. The molecule has 0 bridgehead atoms. The quantitative estimate of drug-likeness (QED) is 0.699. The zero-order valence-corrected chi connectivity index (χ0v) is 14.8. The molecule has 126 valence electrons. The second-order valence-corrected chi connectivity index (χ2v) is 6.55. The summed E-state index contributed by atoms with van der Waals surface area (Å²) < 4.78 is 0. The van der Waals surface area contributed by atoms with E-state index in [0.717, 1.165) is 11.3 Å². The predicted octanol–water partition coefficient (Wildman–Crippen LogP) is 4.67. The Morgan fingerprint density at radius 3 is 2.32 bits per heavy atom. The van der Waals surface area contributed by atoms with E-state index in [-0.39, 0.29) is 11.8 Å². The van der Waals surface area contributed by atoms with Gasteiger partial charge in [-0.2, -0.15) is 0 Å². The van der Waals surface area contributed by atoms with Gasteiger partial charge in [-0.3, -0.25) is 9.59 Å².